The Morgan fingerprint density at radius 3 is 2.65 bits per heavy atom. The van der Waals surface area contributed by atoms with Crippen molar-refractivity contribution in [1.29, 1.82) is 0 Å². The van der Waals surface area contributed by atoms with Crippen molar-refractivity contribution in [2.75, 3.05) is 25.6 Å². The lowest BCUT2D eigenvalue weighted by atomic mass is 9.86. The lowest BCUT2D eigenvalue weighted by Crippen LogP contribution is -2.62. The Labute approximate surface area is 268 Å². The van der Waals surface area contributed by atoms with E-state index in [9.17, 15) is 22.6 Å². The molecule has 1 amide bonds. The molecule has 1 fully saturated rings. The summed E-state index contributed by atoms with van der Waals surface area (Å²) in [5, 5.41) is 13.6. The first-order valence-electron chi connectivity index (χ1n) is 14.2. The Kier molecular flexibility index (Phi) is 9.85. The zero-order valence-corrected chi connectivity index (χ0v) is 26.6. The van der Waals surface area contributed by atoms with Crippen molar-refractivity contribution in [2.45, 2.75) is 38.5 Å². The minimum atomic E-state index is -4.74. The molecule has 2 aromatic heterocycles. The van der Waals surface area contributed by atoms with Gasteiger partial charge in [0.1, 0.15) is 18.1 Å². The number of hydrogen-bond acceptors (Lipinski definition) is 14. The van der Waals surface area contributed by atoms with Crippen LogP contribution in [0.5, 0.6) is 5.75 Å². The molecule has 244 valence electrons. The number of anilines is 1. The van der Waals surface area contributed by atoms with E-state index in [4.69, 9.17) is 21.0 Å². The second kappa shape index (κ2) is 13.8. The largest absolute Gasteiger partial charge is 0.489 e. The molecule has 46 heavy (non-hydrogen) atoms. The number of carbonyl (C=O) groups excluding carboxylic acids is 2. The normalized spacial score (nSPS) is 18.8. The van der Waals surface area contributed by atoms with Crippen LogP contribution >= 0.6 is 11.3 Å². The van der Waals surface area contributed by atoms with Crippen LogP contribution in [0, 0.1) is 5.92 Å². The number of rotatable bonds is 15. The number of amides is 1. The monoisotopic (exact) mass is 673 g/mol. The summed E-state index contributed by atoms with van der Waals surface area (Å²) in [6.45, 7) is 2.83. The molecule has 5 N–H and O–H groups in total. The van der Waals surface area contributed by atoms with Gasteiger partial charge in [-0.15, -0.1) is 21.1 Å². The van der Waals surface area contributed by atoms with E-state index in [0.29, 0.717) is 16.6 Å². The molecule has 17 nitrogen and oxygen atoms in total. The molecular weight excluding hydrogens is 640 g/mol. The average Bonchev–Trinajstić information content (AvgIpc) is 3.78. The number of carbonyl (C=O) groups is 2. The highest BCUT2D eigenvalue weighted by atomic mass is 32.2. The molecule has 19 heteroatoms. The molecule has 0 bridgehead atoms. The molecule has 3 atom stereocenters. The fraction of sp³-hybridized carbons (Fsp3) is 0.407. The van der Waals surface area contributed by atoms with Crippen LogP contribution in [0.15, 0.2) is 62.4 Å². The Balaban J connectivity index is 1.29. The number of thiazole rings is 1. The van der Waals surface area contributed by atoms with Gasteiger partial charge in [-0.05, 0) is 37.6 Å². The molecule has 5 rings (SSSR count). The van der Waals surface area contributed by atoms with Gasteiger partial charge in [-0.1, -0.05) is 17.3 Å². The number of azo groups is 1. The van der Waals surface area contributed by atoms with Crippen molar-refractivity contribution in [3.8, 4) is 16.9 Å². The number of ether oxygens (including phenoxy) is 1. The minimum absolute atomic E-state index is 0.0900. The highest BCUT2D eigenvalue weighted by Crippen LogP contribution is 2.32. The van der Waals surface area contributed by atoms with Crippen molar-refractivity contribution in [2.24, 2.45) is 39.1 Å². The van der Waals surface area contributed by atoms with Crippen LogP contribution in [-0.4, -0.2) is 82.1 Å². The lowest BCUT2D eigenvalue weighted by molar-refractivity contribution is -0.753. The van der Waals surface area contributed by atoms with Crippen LogP contribution in [0.4, 0.5) is 5.13 Å². The van der Waals surface area contributed by atoms with E-state index >= 15 is 0 Å². The maximum atomic E-state index is 13.4. The van der Waals surface area contributed by atoms with Gasteiger partial charge in [0.05, 0.1) is 30.3 Å². The Morgan fingerprint density at radius 2 is 2.04 bits per heavy atom. The minimum Gasteiger partial charge on any atom is -0.489 e. The summed E-state index contributed by atoms with van der Waals surface area (Å²) in [6, 6.07) is 6.53. The summed E-state index contributed by atoms with van der Waals surface area (Å²) in [6.07, 6.45) is 3.57. The highest BCUT2D eigenvalue weighted by molar-refractivity contribution is 7.84. The van der Waals surface area contributed by atoms with E-state index in [2.05, 4.69) is 36.2 Å². The second-order valence-corrected chi connectivity index (χ2v) is 12.7. The van der Waals surface area contributed by atoms with Crippen LogP contribution in [0.1, 0.15) is 25.5 Å². The second-order valence-electron chi connectivity index (χ2n) is 10.5. The first-order chi connectivity index (χ1) is 22.0. The van der Waals surface area contributed by atoms with Gasteiger partial charge in [-0.25, -0.2) is 14.3 Å². The summed E-state index contributed by atoms with van der Waals surface area (Å²) in [7, 11) is -2.78. The molecule has 0 saturated carbocycles. The quantitative estimate of drug-likeness (QED) is 0.0680. The zero-order valence-electron chi connectivity index (χ0n) is 25.0. The van der Waals surface area contributed by atoms with Crippen LogP contribution in [0.3, 0.4) is 0 Å². The standard InChI is InChI=1S/C27H32N10O7S2/c1-16-20(26(39)37(16)46(40,41)42)10-22(38)24(21-14-45-27(29)32-21)34-44-23(25-30-15-31-33-25)13-43-19-6-4-17(5-7-19)18-11-35(2)36(12-18)9-3-8-28/h4-7,11-12,14,16,20,23H,3,8-10,13,15,28H2,1-2H3,(H2-,29,32,40,41,42)/p+1/b34-24-/t16-,20-,23-/m0/s1. The van der Waals surface area contributed by atoms with Crippen LogP contribution in [-0.2, 0) is 38.3 Å². The van der Waals surface area contributed by atoms with Crippen molar-refractivity contribution in [1.82, 2.24) is 14.0 Å². The summed E-state index contributed by atoms with van der Waals surface area (Å²) >= 11 is 1.07. The van der Waals surface area contributed by atoms with Gasteiger partial charge >= 0.3 is 10.3 Å². The molecular formula is C27H33N10O7S2+. The highest BCUT2D eigenvalue weighted by Gasteiger charge is 2.51. The average molecular weight is 674 g/mol. The third-order valence-electron chi connectivity index (χ3n) is 7.40. The number of amidine groups is 1. The van der Waals surface area contributed by atoms with E-state index in [1.807, 2.05) is 42.2 Å². The maximum Gasteiger partial charge on any atom is 0.362 e. The van der Waals surface area contributed by atoms with E-state index < -0.39 is 46.5 Å². The van der Waals surface area contributed by atoms with Gasteiger partial charge in [0, 0.05) is 11.8 Å². The molecule has 0 radical (unpaired) electrons. The molecule has 0 unspecified atom stereocenters. The molecule has 4 heterocycles. The van der Waals surface area contributed by atoms with Crippen molar-refractivity contribution in [3.05, 3.63) is 47.7 Å². The molecule has 1 aromatic carbocycles. The number of aliphatic imine (C=N–C) groups is 1. The van der Waals surface area contributed by atoms with Crippen molar-refractivity contribution >= 4 is 50.0 Å². The van der Waals surface area contributed by atoms with Gasteiger partial charge in [-0.2, -0.15) is 18.2 Å². The third kappa shape index (κ3) is 7.27. The number of benzene rings is 1. The van der Waals surface area contributed by atoms with Gasteiger partial charge in [0.15, 0.2) is 36.2 Å². The smallest absolute Gasteiger partial charge is 0.362 e. The summed E-state index contributed by atoms with van der Waals surface area (Å²) < 4.78 is 42.6. The van der Waals surface area contributed by atoms with E-state index in [0.717, 1.165) is 35.4 Å². The third-order valence-corrected chi connectivity index (χ3v) is 9.08. The fourth-order valence-electron chi connectivity index (χ4n) is 4.94. The van der Waals surface area contributed by atoms with Crippen LogP contribution in [0.2, 0.25) is 0 Å². The Hall–Kier alpha value is -4.59. The Bertz CT molecular complexity index is 1800. The number of nitrogens with two attached hydrogens (primary N) is 2. The number of oxime groups is 1. The number of aryl methyl sites for hydroxylation is 2. The van der Waals surface area contributed by atoms with E-state index in [1.54, 1.807) is 0 Å². The first-order valence-corrected chi connectivity index (χ1v) is 16.4. The van der Waals surface area contributed by atoms with E-state index in [1.165, 1.54) is 12.3 Å². The van der Waals surface area contributed by atoms with E-state index in [-0.39, 0.29) is 35.6 Å². The topological polar surface area (TPSA) is 233 Å². The van der Waals surface area contributed by atoms with Gasteiger partial charge < -0.3 is 21.0 Å². The van der Waals surface area contributed by atoms with Crippen molar-refractivity contribution < 1.29 is 36.8 Å². The molecule has 2 aliphatic heterocycles. The van der Waals surface area contributed by atoms with Gasteiger partial charge in [0.25, 0.3) is 0 Å². The van der Waals surface area contributed by atoms with Crippen molar-refractivity contribution in [3.63, 3.8) is 0 Å². The van der Waals surface area contributed by atoms with Crippen LogP contribution < -0.4 is 20.9 Å². The van der Waals surface area contributed by atoms with Gasteiger partial charge in [-0.3, -0.25) is 14.1 Å². The number of Topliss-reactive ketones (excluding diaryl/α,β-unsaturated/α-hetero) is 1. The molecule has 0 spiro atoms. The first kappa shape index (κ1) is 32.8. The fourth-order valence-corrected chi connectivity index (χ4v) is 6.42. The number of nitrogen functional groups attached to an aromatic ring is 1. The number of β-lactam (4-membered cyclic amide) rings is 1. The van der Waals surface area contributed by atoms with Crippen LogP contribution in [0.25, 0.3) is 11.1 Å². The molecule has 1 saturated heterocycles. The molecule has 3 aromatic rings. The predicted molar refractivity (Wildman–Crippen MR) is 166 cm³/mol. The Morgan fingerprint density at radius 1 is 1.28 bits per heavy atom. The maximum absolute atomic E-state index is 13.4. The lowest BCUT2D eigenvalue weighted by Gasteiger charge is -2.41. The SMILES string of the molecule is C[C@H]1[C@H](CC(=O)/C(=N\O[C@@H](COc2ccc(-c3cn(CCCN)[n+](C)c3)cc2)C2=NCN=N2)c2csc(N)n2)C(=O)N1S(=O)(=O)O. The number of aromatic nitrogens is 3. The number of ketones is 1. The zero-order chi connectivity index (χ0) is 33.0. The summed E-state index contributed by atoms with van der Waals surface area (Å²) in [4.78, 5) is 39.8. The molecule has 0 aliphatic carbocycles. The number of nitrogens with zero attached hydrogens (tertiary/aromatic N) is 8. The number of hydrogen-bond donors (Lipinski definition) is 3. The summed E-state index contributed by atoms with van der Waals surface area (Å²) in [5.41, 5.74) is 13.3. The summed E-state index contributed by atoms with van der Waals surface area (Å²) in [5.74, 6) is -1.83. The molecule has 2 aliphatic rings. The predicted octanol–water partition coefficient (Wildman–Crippen LogP) is 0.966. The van der Waals surface area contributed by atoms with Gasteiger partial charge in [0.2, 0.25) is 18.2 Å².